The minimum atomic E-state index is 0.503. The smallest absolute Gasteiger partial charge is 0.0329 e. The zero-order chi connectivity index (χ0) is 13.2. The van der Waals surface area contributed by atoms with Gasteiger partial charge in [0.25, 0.3) is 0 Å². The molecule has 2 heteroatoms. The van der Waals surface area contributed by atoms with Gasteiger partial charge in [-0.1, -0.05) is 51.8 Å². The van der Waals surface area contributed by atoms with E-state index in [-0.39, 0.29) is 0 Å². The monoisotopic (exact) mass is 315 g/mol. The maximum atomic E-state index is 3.69. The van der Waals surface area contributed by atoms with Crippen molar-refractivity contribution in [2.24, 2.45) is 0 Å². The molecule has 3 rings (SSSR count). The lowest BCUT2D eigenvalue weighted by atomic mass is 10.1. The molecule has 0 saturated heterocycles. The van der Waals surface area contributed by atoms with Crippen molar-refractivity contribution in [3.8, 4) is 0 Å². The van der Waals surface area contributed by atoms with Gasteiger partial charge in [-0.25, -0.2) is 0 Å². The molecule has 1 nitrogen and oxygen atoms in total. The van der Waals surface area contributed by atoms with E-state index in [2.05, 4.69) is 70.6 Å². The number of aryl methyl sites for hydroxylation is 2. The molecule has 98 valence electrons. The predicted molar refractivity (Wildman–Crippen MR) is 83.2 cm³/mol. The van der Waals surface area contributed by atoms with E-state index in [1.54, 1.807) is 0 Å². The van der Waals surface area contributed by atoms with Gasteiger partial charge in [0.1, 0.15) is 0 Å². The minimum Gasteiger partial charge on any atom is -0.306 e. The lowest BCUT2D eigenvalue weighted by molar-refractivity contribution is 0.530. The average Bonchev–Trinajstić information content (AvgIpc) is 2.78. The molecule has 19 heavy (non-hydrogen) atoms. The number of nitrogens with one attached hydrogen (secondary N) is 1. The largest absolute Gasteiger partial charge is 0.306 e. The number of halogens is 1. The van der Waals surface area contributed by atoms with E-state index in [0.717, 1.165) is 6.54 Å². The topological polar surface area (TPSA) is 12.0 Å². The van der Waals surface area contributed by atoms with Crippen LogP contribution in [-0.2, 0) is 13.0 Å². The Labute approximate surface area is 123 Å². The molecule has 1 aliphatic carbocycles. The first-order valence-corrected chi connectivity index (χ1v) is 7.59. The van der Waals surface area contributed by atoms with E-state index < -0.39 is 0 Å². The molecular formula is C17H18BrN. The summed E-state index contributed by atoms with van der Waals surface area (Å²) in [6.45, 7) is 3.09. The summed E-state index contributed by atoms with van der Waals surface area (Å²) in [7, 11) is 0. The first-order valence-electron chi connectivity index (χ1n) is 6.79. The first-order chi connectivity index (χ1) is 9.22. The molecule has 1 N–H and O–H groups in total. The lowest BCUT2D eigenvalue weighted by Gasteiger charge is -2.14. The Morgan fingerprint density at radius 2 is 2.11 bits per heavy atom. The van der Waals surface area contributed by atoms with Crippen molar-refractivity contribution in [2.45, 2.75) is 32.4 Å². The van der Waals surface area contributed by atoms with Crippen molar-refractivity contribution in [3.05, 3.63) is 69.2 Å². The van der Waals surface area contributed by atoms with Crippen LogP contribution in [0.4, 0.5) is 0 Å². The Balaban J connectivity index is 1.70. The van der Waals surface area contributed by atoms with Crippen molar-refractivity contribution in [1.82, 2.24) is 5.32 Å². The number of hydrogen-bond acceptors (Lipinski definition) is 1. The molecule has 2 aromatic rings. The van der Waals surface area contributed by atoms with Crippen LogP contribution in [0.15, 0.2) is 46.9 Å². The number of hydrogen-bond donors (Lipinski definition) is 1. The Morgan fingerprint density at radius 1 is 1.21 bits per heavy atom. The van der Waals surface area contributed by atoms with Crippen LogP contribution in [0.5, 0.6) is 0 Å². The third kappa shape index (κ3) is 2.90. The van der Waals surface area contributed by atoms with Gasteiger partial charge in [-0.05, 0) is 48.6 Å². The van der Waals surface area contributed by atoms with E-state index >= 15 is 0 Å². The summed E-state index contributed by atoms with van der Waals surface area (Å²) in [6, 6.07) is 15.9. The summed E-state index contributed by atoms with van der Waals surface area (Å²) >= 11 is 3.55. The SMILES string of the molecule is Cc1cccc(CNC2CCc3cc(Br)ccc32)c1. The fraction of sp³-hybridized carbons (Fsp3) is 0.294. The minimum absolute atomic E-state index is 0.503. The van der Waals surface area contributed by atoms with E-state index in [9.17, 15) is 0 Å². The molecule has 1 atom stereocenters. The summed E-state index contributed by atoms with van der Waals surface area (Å²) in [4.78, 5) is 0. The molecule has 1 aliphatic rings. The Kier molecular flexibility index (Phi) is 3.72. The molecule has 0 aromatic heterocycles. The van der Waals surface area contributed by atoms with Crippen molar-refractivity contribution in [1.29, 1.82) is 0 Å². The molecule has 0 bridgehead atoms. The maximum absolute atomic E-state index is 3.69. The maximum Gasteiger partial charge on any atom is 0.0329 e. The van der Waals surface area contributed by atoms with Gasteiger partial charge in [0.05, 0.1) is 0 Å². The van der Waals surface area contributed by atoms with Gasteiger partial charge in [0, 0.05) is 17.1 Å². The van der Waals surface area contributed by atoms with Crippen LogP contribution in [0.3, 0.4) is 0 Å². The lowest BCUT2D eigenvalue weighted by Crippen LogP contribution is -2.18. The summed E-state index contributed by atoms with van der Waals surface area (Å²) in [5.74, 6) is 0. The predicted octanol–water partition coefficient (Wildman–Crippen LogP) is 4.53. The van der Waals surface area contributed by atoms with Crippen molar-refractivity contribution in [2.75, 3.05) is 0 Å². The number of benzene rings is 2. The molecule has 2 aromatic carbocycles. The molecular weight excluding hydrogens is 298 g/mol. The van der Waals surface area contributed by atoms with Crippen molar-refractivity contribution in [3.63, 3.8) is 0 Å². The second kappa shape index (κ2) is 5.48. The van der Waals surface area contributed by atoms with Gasteiger partial charge in [-0.15, -0.1) is 0 Å². The molecule has 0 heterocycles. The summed E-state index contributed by atoms with van der Waals surface area (Å²) in [6.07, 6.45) is 2.39. The summed E-state index contributed by atoms with van der Waals surface area (Å²) in [5, 5.41) is 3.69. The van der Waals surface area contributed by atoms with Gasteiger partial charge >= 0.3 is 0 Å². The zero-order valence-corrected chi connectivity index (χ0v) is 12.7. The standard InChI is InChI=1S/C17H18BrN/c1-12-3-2-4-13(9-12)11-19-17-8-5-14-10-15(18)6-7-16(14)17/h2-4,6-7,9-10,17,19H,5,8,11H2,1H3. The first kappa shape index (κ1) is 12.9. The Bertz CT molecular complexity index is 592. The van der Waals surface area contributed by atoms with Crippen LogP contribution in [0.25, 0.3) is 0 Å². The van der Waals surface area contributed by atoms with Crippen molar-refractivity contribution < 1.29 is 0 Å². The van der Waals surface area contributed by atoms with E-state index in [4.69, 9.17) is 0 Å². The second-order valence-electron chi connectivity index (χ2n) is 5.30. The highest BCUT2D eigenvalue weighted by molar-refractivity contribution is 9.10. The Morgan fingerprint density at radius 3 is 2.95 bits per heavy atom. The molecule has 0 spiro atoms. The van der Waals surface area contributed by atoms with Crippen LogP contribution in [0.1, 0.15) is 34.7 Å². The van der Waals surface area contributed by atoms with Crippen LogP contribution in [0.2, 0.25) is 0 Å². The quantitative estimate of drug-likeness (QED) is 0.877. The van der Waals surface area contributed by atoms with Gasteiger partial charge in [0.15, 0.2) is 0 Å². The molecule has 0 saturated carbocycles. The Hall–Kier alpha value is -1.12. The third-order valence-electron chi connectivity index (χ3n) is 3.82. The molecule has 1 unspecified atom stereocenters. The molecule has 0 aliphatic heterocycles. The van der Waals surface area contributed by atoms with Crippen LogP contribution in [-0.4, -0.2) is 0 Å². The van der Waals surface area contributed by atoms with Crippen LogP contribution >= 0.6 is 15.9 Å². The average molecular weight is 316 g/mol. The molecule has 0 amide bonds. The van der Waals surface area contributed by atoms with Crippen molar-refractivity contribution >= 4 is 15.9 Å². The summed E-state index contributed by atoms with van der Waals surface area (Å²) < 4.78 is 1.19. The van der Waals surface area contributed by atoms with Gasteiger partial charge < -0.3 is 5.32 Å². The van der Waals surface area contributed by atoms with E-state index in [1.807, 2.05) is 0 Å². The zero-order valence-electron chi connectivity index (χ0n) is 11.1. The normalized spacial score (nSPS) is 17.5. The van der Waals surface area contributed by atoms with Gasteiger partial charge in [0.2, 0.25) is 0 Å². The highest BCUT2D eigenvalue weighted by Gasteiger charge is 2.21. The highest BCUT2D eigenvalue weighted by Crippen LogP contribution is 2.33. The number of rotatable bonds is 3. The van der Waals surface area contributed by atoms with E-state index in [1.165, 1.54) is 39.6 Å². The molecule has 0 radical (unpaired) electrons. The summed E-state index contributed by atoms with van der Waals surface area (Å²) in [5.41, 5.74) is 5.65. The highest BCUT2D eigenvalue weighted by atomic mass is 79.9. The fourth-order valence-corrected chi connectivity index (χ4v) is 3.27. The fourth-order valence-electron chi connectivity index (χ4n) is 2.86. The third-order valence-corrected chi connectivity index (χ3v) is 4.31. The second-order valence-corrected chi connectivity index (χ2v) is 6.22. The van der Waals surface area contributed by atoms with Gasteiger partial charge in [-0.2, -0.15) is 0 Å². The number of fused-ring (bicyclic) bond motifs is 1. The van der Waals surface area contributed by atoms with Crippen LogP contribution in [0, 0.1) is 6.92 Å². The van der Waals surface area contributed by atoms with Gasteiger partial charge in [-0.3, -0.25) is 0 Å². The molecule has 0 fully saturated rings. The van der Waals surface area contributed by atoms with E-state index in [0.29, 0.717) is 6.04 Å². The van der Waals surface area contributed by atoms with Crippen LogP contribution < -0.4 is 5.32 Å².